The maximum atomic E-state index is 6.11. The molecule has 2 rings (SSSR count). The molecule has 100 valence electrons. The van der Waals surface area contributed by atoms with Crippen molar-refractivity contribution in [2.24, 2.45) is 5.84 Å². The number of halogens is 2. The second-order valence-electron chi connectivity index (χ2n) is 3.95. The summed E-state index contributed by atoms with van der Waals surface area (Å²) in [5.74, 6) is 6.37. The largest absolute Gasteiger partial charge is 0.308 e. The Balaban J connectivity index is 2.51. The molecule has 0 aliphatic carbocycles. The summed E-state index contributed by atoms with van der Waals surface area (Å²) in [6.07, 6.45) is 3.31. The minimum Gasteiger partial charge on any atom is -0.308 e. The Morgan fingerprint density at radius 1 is 1.26 bits per heavy atom. The van der Waals surface area contributed by atoms with Crippen LogP contribution in [0.3, 0.4) is 0 Å². The van der Waals surface area contributed by atoms with E-state index in [1.807, 2.05) is 0 Å². The fraction of sp³-hybridized carbons (Fsp3) is 0.250. The Morgan fingerprint density at radius 2 is 2.05 bits per heavy atom. The highest BCUT2D eigenvalue weighted by atomic mass is 35.5. The lowest BCUT2D eigenvalue weighted by atomic mass is 10.2. The standard InChI is InChI=1S/C12H13Cl2N5/c1-2-3-8-5-10(19-15)18-12(17-8)11-9(14)4-7(13)6-16-11/h4-6H,2-3,15H2,1H3,(H,17,18,19). The Labute approximate surface area is 121 Å². The molecule has 2 aromatic rings. The van der Waals surface area contributed by atoms with Crippen LogP contribution in [-0.4, -0.2) is 15.0 Å². The maximum absolute atomic E-state index is 6.11. The monoisotopic (exact) mass is 297 g/mol. The van der Waals surface area contributed by atoms with Crippen LogP contribution >= 0.6 is 23.2 Å². The van der Waals surface area contributed by atoms with Crippen molar-refractivity contribution < 1.29 is 0 Å². The minimum atomic E-state index is 0.407. The van der Waals surface area contributed by atoms with E-state index in [-0.39, 0.29) is 0 Å². The lowest BCUT2D eigenvalue weighted by molar-refractivity contribution is 0.874. The molecule has 0 unspecified atom stereocenters. The number of nitrogens with two attached hydrogens (primary N) is 1. The topological polar surface area (TPSA) is 76.7 Å². The van der Waals surface area contributed by atoms with Crippen molar-refractivity contribution in [3.63, 3.8) is 0 Å². The number of anilines is 1. The van der Waals surface area contributed by atoms with Crippen molar-refractivity contribution in [1.29, 1.82) is 0 Å². The molecule has 2 heterocycles. The van der Waals surface area contributed by atoms with Gasteiger partial charge in [-0.1, -0.05) is 36.5 Å². The molecule has 0 spiro atoms. The Bertz CT molecular complexity index is 588. The first-order valence-corrected chi connectivity index (χ1v) is 6.55. The van der Waals surface area contributed by atoms with Gasteiger partial charge in [-0.15, -0.1) is 0 Å². The molecular weight excluding hydrogens is 285 g/mol. The van der Waals surface area contributed by atoms with E-state index in [2.05, 4.69) is 27.3 Å². The highest BCUT2D eigenvalue weighted by Gasteiger charge is 2.11. The van der Waals surface area contributed by atoms with Crippen molar-refractivity contribution in [2.45, 2.75) is 19.8 Å². The number of nitrogens with zero attached hydrogens (tertiary/aromatic N) is 3. The average Bonchev–Trinajstić information content (AvgIpc) is 2.38. The van der Waals surface area contributed by atoms with Gasteiger partial charge in [0.1, 0.15) is 11.5 Å². The van der Waals surface area contributed by atoms with Gasteiger partial charge in [0.15, 0.2) is 5.82 Å². The van der Waals surface area contributed by atoms with Crippen LogP contribution in [-0.2, 0) is 6.42 Å². The number of pyridine rings is 1. The van der Waals surface area contributed by atoms with E-state index in [0.717, 1.165) is 18.5 Å². The highest BCUT2D eigenvalue weighted by Crippen LogP contribution is 2.26. The predicted molar refractivity (Wildman–Crippen MR) is 77.1 cm³/mol. The smallest absolute Gasteiger partial charge is 0.182 e. The number of aryl methyl sites for hydroxylation is 1. The van der Waals surface area contributed by atoms with Crippen molar-refractivity contribution in [3.8, 4) is 11.5 Å². The molecule has 0 fully saturated rings. The van der Waals surface area contributed by atoms with Crippen LogP contribution < -0.4 is 11.3 Å². The molecule has 2 aromatic heterocycles. The number of nitrogens with one attached hydrogen (secondary N) is 1. The summed E-state index contributed by atoms with van der Waals surface area (Å²) in [5, 5.41) is 0.875. The summed E-state index contributed by atoms with van der Waals surface area (Å²) < 4.78 is 0. The van der Waals surface area contributed by atoms with Crippen molar-refractivity contribution >= 4 is 29.0 Å². The number of rotatable bonds is 4. The third-order valence-electron chi connectivity index (χ3n) is 2.45. The average molecular weight is 298 g/mol. The van der Waals surface area contributed by atoms with Gasteiger partial charge in [0.25, 0.3) is 0 Å². The van der Waals surface area contributed by atoms with Crippen LogP contribution in [0.25, 0.3) is 11.5 Å². The number of hydrazine groups is 1. The lowest BCUT2D eigenvalue weighted by Gasteiger charge is -2.08. The van der Waals surface area contributed by atoms with E-state index in [0.29, 0.717) is 27.4 Å². The summed E-state index contributed by atoms with van der Waals surface area (Å²) in [6, 6.07) is 3.41. The van der Waals surface area contributed by atoms with Gasteiger partial charge in [-0.25, -0.2) is 20.8 Å². The predicted octanol–water partition coefficient (Wildman–Crippen LogP) is 3.08. The zero-order valence-corrected chi connectivity index (χ0v) is 11.8. The second kappa shape index (κ2) is 6.14. The first-order chi connectivity index (χ1) is 9.13. The lowest BCUT2D eigenvalue weighted by Crippen LogP contribution is -2.11. The first kappa shape index (κ1) is 14.0. The molecule has 0 saturated carbocycles. The van der Waals surface area contributed by atoms with Gasteiger partial charge in [-0.05, 0) is 12.5 Å². The van der Waals surface area contributed by atoms with E-state index in [1.54, 1.807) is 12.1 Å². The van der Waals surface area contributed by atoms with Crippen LogP contribution in [0.2, 0.25) is 10.0 Å². The minimum absolute atomic E-state index is 0.407. The second-order valence-corrected chi connectivity index (χ2v) is 4.79. The number of hydrogen-bond acceptors (Lipinski definition) is 5. The van der Waals surface area contributed by atoms with Gasteiger partial charge in [-0.3, -0.25) is 0 Å². The first-order valence-electron chi connectivity index (χ1n) is 5.80. The van der Waals surface area contributed by atoms with Crippen molar-refractivity contribution in [3.05, 3.63) is 34.1 Å². The molecule has 0 atom stereocenters. The van der Waals surface area contributed by atoms with Gasteiger partial charge in [-0.2, -0.15) is 0 Å². The summed E-state index contributed by atoms with van der Waals surface area (Å²) in [4.78, 5) is 12.9. The van der Waals surface area contributed by atoms with Crippen molar-refractivity contribution in [2.75, 3.05) is 5.43 Å². The Hall–Kier alpha value is -1.43. The van der Waals surface area contributed by atoms with Crippen LogP contribution in [0.15, 0.2) is 18.3 Å². The molecule has 0 aliphatic rings. The number of nitrogen functional groups attached to an aromatic ring is 1. The van der Waals surface area contributed by atoms with E-state index < -0.39 is 0 Å². The van der Waals surface area contributed by atoms with Gasteiger partial charge in [0.2, 0.25) is 0 Å². The zero-order chi connectivity index (χ0) is 13.8. The van der Waals surface area contributed by atoms with Gasteiger partial charge in [0, 0.05) is 18.0 Å². The van der Waals surface area contributed by atoms with Gasteiger partial charge in [0.05, 0.1) is 10.0 Å². The van der Waals surface area contributed by atoms with E-state index in [4.69, 9.17) is 29.0 Å². The molecule has 7 heteroatoms. The normalized spacial score (nSPS) is 10.5. The fourth-order valence-electron chi connectivity index (χ4n) is 1.64. The number of hydrogen-bond donors (Lipinski definition) is 2. The summed E-state index contributed by atoms with van der Waals surface area (Å²) in [6.45, 7) is 2.07. The molecule has 5 nitrogen and oxygen atoms in total. The van der Waals surface area contributed by atoms with E-state index in [9.17, 15) is 0 Å². The molecule has 19 heavy (non-hydrogen) atoms. The van der Waals surface area contributed by atoms with Crippen LogP contribution in [0, 0.1) is 0 Å². The summed E-state index contributed by atoms with van der Waals surface area (Å²) in [7, 11) is 0. The van der Waals surface area contributed by atoms with Crippen LogP contribution in [0.5, 0.6) is 0 Å². The van der Waals surface area contributed by atoms with Crippen LogP contribution in [0.4, 0.5) is 5.82 Å². The Morgan fingerprint density at radius 3 is 2.68 bits per heavy atom. The molecule has 0 aromatic carbocycles. The molecule has 0 bridgehead atoms. The quantitative estimate of drug-likeness (QED) is 0.670. The third-order valence-corrected chi connectivity index (χ3v) is 2.95. The van der Waals surface area contributed by atoms with Gasteiger partial charge < -0.3 is 5.43 Å². The molecule has 0 radical (unpaired) electrons. The Kier molecular flexibility index (Phi) is 4.52. The molecule has 0 amide bonds. The maximum Gasteiger partial charge on any atom is 0.182 e. The van der Waals surface area contributed by atoms with Crippen LogP contribution in [0.1, 0.15) is 19.0 Å². The van der Waals surface area contributed by atoms with E-state index in [1.165, 1.54) is 6.20 Å². The molecule has 3 N–H and O–H groups in total. The fourth-order valence-corrected chi connectivity index (χ4v) is 2.11. The highest BCUT2D eigenvalue weighted by molar-refractivity contribution is 6.35. The SMILES string of the molecule is CCCc1cc(NN)nc(-c2ncc(Cl)cc2Cl)n1. The third kappa shape index (κ3) is 3.32. The molecule has 0 saturated heterocycles. The molecule has 0 aliphatic heterocycles. The zero-order valence-electron chi connectivity index (χ0n) is 10.3. The van der Waals surface area contributed by atoms with E-state index >= 15 is 0 Å². The summed E-state index contributed by atoms with van der Waals surface area (Å²) >= 11 is 11.9. The van der Waals surface area contributed by atoms with Gasteiger partial charge >= 0.3 is 0 Å². The summed E-state index contributed by atoms with van der Waals surface area (Å²) in [5.41, 5.74) is 3.89. The number of aromatic nitrogens is 3. The molecular formula is C12H13Cl2N5. The van der Waals surface area contributed by atoms with Crippen molar-refractivity contribution in [1.82, 2.24) is 15.0 Å².